The number of nitrogens with zero attached hydrogens (tertiary/aromatic N) is 3. The van der Waals surface area contributed by atoms with Crippen LogP contribution in [-0.2, 0) is 9.59 Å². The van der Waals surface area contributed by atoms with Gasteiger partial charge in [-0.1, -0.05) is 19.3 Å². The molecule has 3 heterocycles. The van der Waals surface area contributed by atoms with Crippen molar-refractivity contribution in [2.45, 2.75) is 82.3 Å². The third kappa shape index (κ3) is 6.47. The summed E-state index contributed by atoms with van der Waals surface area (Å²) < 4.78 is 0. The van der Waals surface area contributed by atoms with E-state index in [2.05, 4.69) is 10.2 Å². The summed E-state index contributed by atoms with van der Waals surface area (Å²) in [5.74, 6) is 1.14. The molecule has 2 unspecified atom stereocenters. The van der Waals surface area contributed by atoms with Gasteiger partial charge in [-0.15, -0.1) is 24.8 Å². The Morgan fingerprint density at radius 2 is 1.50 bits per heavy atom. The van der Waals surface area contributed by atoms with E-state index in [9.17, 15) is 9.59 Å². The molecule has 1 saturated carbocycles. The highest BCUT2D eigenvalue weighted by molar-refractivity contribution is 5.85. The van der Waals surface area contributed by atoms with Crippen molar-refractivity contribution in [1.29, 1.82) is 0 Å². The number of nitrogens with one attached hydrogen (secondary N) is 1. The van der Waals surface area contributed by atoms with Gasteiger partial charge in [-0.05, 0) is 44.4 Å². The van der Waals surface area contributed by atoms with E-state index in [0.29, 0.717) is 36.5 Å². The van der Waals surface area contributed by atoms with E-state index in [0.717, 1.165) is 45.4 Å². The molecule has 2 amide bonds. The van der Waals surface area contributed by atoms with E-state index in [-0.39, 0.29) is 30.7 Å². The second-order valence-corrected chi connectivity index (χ2v) is 9.63. The summed E-state index contributed by atoms with van der Waals surface area (Å²) in [5, 5.41) is 3.66. The van der Waals surface area contributed by atoms with Gasteiger partial charge in [0.2, 0.25) is 11.8 Å². The lowest BCUT2D eigenvalue weighted by atomic mass is 9.89. The van der Waals surface area contributed by atoms with Crippen LogP contribution in [0.1, 0.15) is 64.2 Å². The Bertz CT molecular complexity index is 553. The van der Waals surface area contributed by atoms with Gasteiger partial charge in [0, 0.05) is 57.8 Å². The Kier molecular flexibility index (Phi) is 10.2. The summed E-state index contributed by atoms with van der Waals surface area (Å²) in [6.45, 7) is 3.71. The molecule has 1 aliphatic carbocycles. The number of hydrogen-bond donors (Lipinski definition) is 1. The molecule has 2 bridgehead atoms. The van der Waals surface area contributed by atoms with Crippen molar-refractivity contribution in [3.63, 3.8) is 0 Å². The second kappa shape index (κ2) is 11.9. The number of rotatable bonds is 5. The minimum Gasteiger partial charge on any atom is -0.342 e. The zero-order chi connectivity index (χ0) is 19.5. The number of likely N-dealkylation sites (N-methyl/N-ethyl adjacent to an activating group) is 1. The third-order valence-electron chi connectivity index (χ3n) is 7.63. The first-order chi connectivity index (χ1) is 13.6. The van der Waals surface area contributed by atoms with Gasteiger partial charge in [-0.3, -0.25) is 14.5 Å². The largest absolute Gasteiger partial charge is 0.342 e. The number of carbonyl (C=O) groups excluding carboxylic acids is 2. The van der Waals surface area contributed by atoms with Crippen LogP contribution in [0.25, 0.3) is 0 Å². The first kappa shape index (κ1) is 25.7. The summed E-state index contributed by atoms with van der Waals surface area (Å²) in [5.41, 5.74) is 0. The average Bonchev–Trinajstić information content (AvgIpc) is 3.06. The molecule has 0 aromatic heterocycles. The number of hydrogen-bond acceptors (Lipinski definition) is 4. The zero-order valence-electron chi connectivity index (χ0n) is 18.4. The zero-order valence-corrected chi connectivity index (χ0v) is 20.0. The molecule has 3 aliphatic heterocycles. The van der Waals surface area contributed by atoms with Crippen LogP contribution >= 0.6 is 24.8 Å². The van der Waals surface area contributed by atoms with Crippen molar-refractivity contribution in [3.8, 4) is 0 Å². The Hall–Kier alpha value is -0.560. The molecule has 0 aromatic rings. The lowest BCUT2D eigenvalue weighted by Crippen LogP contribution is -2.52. The van der Waals surface area contributed by atoms with Gasteiger partial charge < -0.3 is 15.1 Å². The van der Waals surface area contributed by atoms with Crippen LogP contribution < -0.4 is 5.32 Å². The van der Waals surface area contributed by atoms with E-state index in [1.165, 1.54) is 44.9 Å². The second-order valence-electron chi connectivity index (χ2n) is 9.63. The van der Waals surface area contributed by atoms with Crippen molar-refractivity contribution in [2.24, 2.45) is 5.92 Å². The van der Waals surface area contributed by atoms with Gasteiger partial charge >= 0.3 is 0 Å². The van der Waals surface area contributed by atoms with Gasteiger partial charge in [0.05, 0.1) is 6.54 Å². The third-order valence-corrected chi connectivity index (χ3v) is 7.63. The number of piperidine rings is 1. The number of piperazine rings is 1. The highest BCUT2D eigenvalue weighted by Crippen LogP contribution is 2.33. The molecule has 3 saturated heterocycles. The summed E-state index contributed by atoms with van der Waals surface area (Å²) in [4.78, 5) is 31.7. The maximum absolute atomic E-state index is 12.8. The standard InChI is InChI=1S/C22H38N4O2.2ClH/c1-24(20-5-3-2-4-6-20)22(28)16-25-9-11-26(12-10-25)21(27)15-17-13-18-7-8-19(14-17)23-18;;/h17-20,23H,2-16H2,1H3;2*1H. The Morgan fingerprint density at radius 1 is 0.900 bits per heavy atom. The molecular weight excluding hydrogens is 423 g/mol. The SMILES string of the molecule is CN(C(=O)CN1CCN(C(=O)CC2CC3CCC(C2)N3)CC1)C1CCCCC1.Cl.Cl. The molecular formula is C22H40Cl2N4O2. The molecule has 4 aliphatic rings. The molecule has 1 N–H and O–H groups in total. The molecule has 174 valence electrons. The Labute approximate surface area is 194 Å². The Morgan fingerprint density at radius 3 is 2.10 bits per heavy atom. The van der Waals surface area contributed by atoms with Crippen molar-refractivity contribution in [2.75, 3.05) is 39.8 Å². The maximum atomic E-state index is 12.8. The smallest absolute Gasteiger partial charge is 0.236 e. The number of carbonyl (C=O) groups is 2. The normalized spacial score (nSPS) is 29.6. The first-order valence-electron chi connectivity index (χ1n) is 11.6. The predicted octanol–water partition coefficient (Wildman–Crippen LogP) is 2.69. The first-order valence-corrected chi connectivity index (χ1v) is 11.6. The van der Waals surface area contributed by atoms with Crippen LogP contribution in [0.4, 0.5) is 0 Å². The fraction of sp³-hybridized carbons (Fsp3) is 0.909. The molecule has 6 nitrogen and oxygen atoms in total. The molecule has 2 atom stereocenters. The van der Waals surface area contributed by atoms with E-state index < -0.39 is 0 Å². The van der Waals surface area contributed by atoms with E-state index >= 15 is 0 Å². The van der Waals surface area contributed by atoms with Crippen molar-refractivity contribution in [1.82, 2.24) is 20.0 Å². The minimum atomic E-state index is 0. The van der Waals surface area contributed by atoms with Crippen LogP contribution in [-0.4, -0.2) is 84.4 Å². The van der Waals surface area contributed by atoms with Crippen molar-refractivity contribution in [3.05, 3.63) is 0 Å². The predicted molar refractivity (Wildman–Crippen MR) is 124 cm³/mol. The van der Waals surface area contributed by atoms with Crippen molar-refractivity contribution < 1.29 is 9.59 Å². The average molecular weight is 463 g/mol. The quantitative estimate of drug-likeness (QED) is 0.681. The summed E-state index contributed by atoms with van der Waals surface area (Å²) in [6.07, 6.45) is 11.8. The van der Waals surface area contributed by atoms with Crippen LogP contribution in [0.3, 0.4) is 0 Å². The van der Waals surface area contributed by atoms with Gasteiger partial charge in [0.25, 0.3) is 0 Å². The van der Waals surface area contributed by atoms with Crippen LogP contribution in [0.15, 0.2) is 0 Å². The van der Waals surface area contributed by atoms with E-state index in [1.54, 1.807) is 0 Å². The molecule has 4 fully saturated rings. The van der Waals surface area contributed by atoms with E-state index in [4.69, 9.17) is 0 Å². The van der Waals surface area contributed by atoms with Gasteiger partial charge in [0.15, 0.2) is 0 Å². The van der Waals surface area contributed by atoms with Gasteiger partial charge in [-0.25, -0.2) is 0 Å². The highest BCUT2D eigenvalue weighted by Gasteiger charge is 2.35. The minimum absolute atomic E-state index is 0. The maximum Gasteiger partial charge on any atom is 0.236 e. The molecule has 30 heavy (non-hydrogen) atoms. The molecule has 8 heteroatoms. The molecule has 0 aromatic carbocycles. The fourth-order valence-corrected chi connectivity index (χ4v) is 5.85. The number of halogens is 2. The molecule has 4 rings (SSSR count). The van der Waals surface area contributed by atoms with E-state index in [1.807, 2.05) is 16.8 Å². The van der Waals surface area contributed by atoms with Crippen molar-refractivity contribution >= 4 is 36.6 Å². The summed E-state index contributed by atoms with van der Waals surface area (Å²) >= 11 is 0. The van der Waals surface area contributed by atoms with Gasteiger partial charge in [-0.2, -0.15) is 0 Å². The number of amides is 2. The van der Waals surface area contributed by atoms with Crippen LogP contribution in [0.2, 0.25) is 0 Å². The fourth-order valence-electron chi connectivity index (χ4n) is 5.85. The summed E-state index contributed by atoms with van der Waals surface area (Å²) in [7, 11) is 1.98. The highest BCUT2D eigenvalue weighted by atomic mass is 35.5. The lowest BCUT2D eigenvalue weighted by molar-refractivity contribution is -0.136. The van der Waals surface area contributed by atoms with Gasteiger partial charge in [0.1, 0.15) is 0 Å². The monoisotopic (exact) mass is 462 g/mol. The lowest BCUT2D eigenvalue weighted by Gasteiger charge is -2.37. The summed E-state index contributed by atoms with van der Waals surface area (Å²) in [6, 6.07) is 1.74. The van der Waals surface area contributed by atoms with Crippen LogP contribution in [0, 0.1) is 5.92 Å². The Balaban J connectivity index is 0.00000160. The van der Waals surface area contributed by atoms with Crippen LogP contribution in [0.5, 0.6) is 0 Å². The molecule has 0 spiro atoms. The molecule has 0 radical (unpaired) electrons. The number of fused-ring (bicyclic) bond motifs is 2. The topological polar surface area (TPSA) is 55.9 Å².